The Bertz CT molecular complexity index is 1390. The summed E-state index contributed by atoms with van der Waals surface area (Å²) in [7, 11) is 0. The lowest BCUT2D eigenvalue weighted by atomic mass is 10.1. The number of hydrogen-bond donors (Lipinski definition) is 2. The fourth-order valence-corrected chi connectivity index (χ4v) is 4.47. The van der Waals surface area contributed by atoms with E-state index >= 15 is 0 Å². The molecular weight excluding hydrogens is 486 g/mol. The second kappa shape index (κ2) is 10.5. The van der Waals surface area contributed by atoms with E-state index in [1.54, 1.807) is 24.3 Å². The van der Waals surface area contributed by atoms with Gasteiger partial charge in [0, 0.05) is 17.3 Å². The molecule has 0 unspecified atom stereocenters. The van der Waals surface area contributed by atoms with Crippen LogP contribution in [0.2, 0.25) is 0 Å². The molecule has 0 radical (unpaired) electrons. The average Bonchev–Trinajstić information content (AvgIpc) is 3.26. The van der Waals surface area contributed by atoms with Crippen LogP contribution in [0.15, 0.2) is 72.8 Å². The van der Waals surface area contributed by atoms with Crippen molar-refractivity contribution in [3.63, 3.8) is 0 Å². The van der Waals surface area contributed by atoms with Gasteiger partial charge in [0.15, 0.2) is 16.8 Å². The lowest BCUT2D eigenvalue weighted by molar-refractivity contribution is -0.118. The molecule has 0 fully saturated rings. The van der Waals surface area contributed by atoms with Crippen LogP contribution < -0.4 is 21.1 Å². The highest BCUT2D eigenvalue weighted by atomic mass is 32.1. The van der Waals surface area contributed by atoms with E-state index in [9.17, 15) is 18.4 Å². The molecule has 4 aromatic rings. The molecule has 1 aromatic heterocycles. The molecule has 1 atom stereocenters. The third kappa shape index (κ3) is 5.33. The first kappa shape index (κ1) is 24.8. The number of carbonyl (C=O) groups is 2. The number of nitrogen functional groups attached to an aromatic ring is 1. The van der Waals surface area contributed by atoms with Crippen LogP contribution in [0.25, 0.3) is 0 Å². The van der Waals surface area contributed by atoms with Crippen molar-refractivity contribution in [2.75, 3.05) is 10.6 Å². The fourth-order valence-electron chi connectivity index (χ4n) is 3.42. The molecule has 1 amide bonds. The summed E-state index contributed by atoms with van der Waals surface area (Å²) in [5.41, 5.74) is 13.0. The van der Waals surface area contributed by atoms with Crippen LogP contribution in [0.4, 0.5) is 25.4 Å². The zero-order chi connectivity index (χ0) is 25.8. The first-order valence-electron chi connectivity index (χ1n) is 10.9. The Kier molecular flexibility index (Phi) is 7.25. The number of ketones is 1. The average molecular weight is 509 g/mol. The number of primary amides is 1. The van der Waals surface area contributed by atoms with Gasteiger partial charge in [0.25, 0.3) is 0 Å². The monoisotopic (exact) mass is 508 g/mol. The molecular formula is C26H22F2N4O3S. The van der Waals surface area contributed by atoms with Crippen LogP contribution in [0.1, 0.15) is 27.7 Å². The minimum Gasteiger partial charge on any atom is -0.489 e. The van der Waals surface area contributed by atoms with Crippen LogP contribution in [-0.2, 0) is 11.4 Å². The molecule has 1 heterocycles. The van der Waals surface area contributed by atoms with Gasteiger partial charge < -0.3 is 21.1 Å². The Morgan fingerprint density at radius 1 is 1.03 bits per heavy atom. The van der Waals surface area contributed by atoms with Gasteiger partial charge in [-0.15, -0.1) is 0 Å². The Balaban J connectivity index is 1.58. The normalized spacial score (nSPS) is 11.6. The van der Waals surface area contributed by atoms with E-state index in [0.717, 1.165) is 29.0 Å². The number of thiazole rings is 1. The molecule has 0 aliphatic carbocycles. The Labute approximate surface area is 209 Å². The number of nitrogens with two attached hydrogens (primary N) is 2. The second-order valence-electron chi connectivity index (χ2n) is 7.89. The molecule has 7 nitrogen and oxygen atoms in total. The number of benzene rings is 3. The third-order valence-corrected chi connectivity index (χ3v) is 6.47. The van der Waals surface area contributed by atoms with Gasteiger partial charge in [-0.3, -0.25) is 9.59 Å². The van der Waals surface area contributed by atoms with Crippen LogP contribution in [-0.4, -0.2) is 22.7 Å². The van der Waals surface area contributed by atoms with Gasteiger partial charge in [0.2, 0.25) is 11.7 Å². The van der Waals surface area contributed by atoms with Crippen molar-refractivity contribution in [2.24, 2.45) is 5.73 Å². The summed E-state index contributed by atoms with van der Waals surface area (Å²) >= 11 is 0.918. The van der Waals surface area contributed by atoms with E-state index in [4.69, 9.17) is 16.2 Å². The summed E-state index contributed by atoms with van der Waals surface area (Å²) in [6, 6.07) is 18.4. The number of aromatic nitrogens is 1. The largest absolute Gasteiger partial charge is 0.489 e. The number of nitrogens with zero attached hydrogens (tertiary/aromatic N) is 2. The standard InChI is InChI=1S/C26H22F2N4O3S/c1-15(25(30)34)32(18-9-12-20(27)21(28)13-18)26-31-24(29)23(36-26)22(33)17-7-10-19(11-8-17)35-14-16-5-3-2-4-6-16/h2-13,15H,14,29H2,1H3,(H2,30,34)/t15-/m0/s1. The second-order valence-corrected chi connectivity index (χ2v) is 8.86. The van der Waals surface area contributed by atoms with E-state index in [1.807, 2.05) is 30.3 Å². The van der Waals surface area contributed by atoms with Gasteiger partial charge in [-0.2, -0.15) is 0 Å². The highest BCUT2D eigenvalue weighted by molar-refractivity contribution is 7.18. The summed E-state index contributed by atoms with van der Waals surface area (Å²) < 4.78 is 33.1. The molecule has 0 aliphatic rings. The van der Waals surface area contributed by atoms with Crippen molar-refractivity contribution in [3.8, 4) is 5.75 Å². The predicted octanol–water partition coefficient (Wildman–Crippen LogP) is 4.83. The Hall–Kier alpha value is -4.31. The van der Waals surface area contributed by atoms with Crippen LogP contribution in [0.5, 0.6) is 5.75 Å². The number of rotatable bonds is 9. The number of hydrogen-bond acceptors (Lipinski definition) is 7. The van der Waals surface area contributed by atoms with Gasteiger partial charge in [0.1, 0.15) is 29.1 Å². The first-order valence-corrected chi connectivity index (χ1v) is 11.7. The molecule has 0 saturated heterocycles. The lowest BCUT2D eigenvalue weighted by Gasteiger charge is -2.26. The van der Waals surface area contributed by atoms with Crippen LogP contribution >= 0.6 is 11.3 Å². The van der Waals surface area contributed by atoms with Gasteiger partial charge in [-0.25, -0.2) is 13.8 Å². The maximum Gasteiger partial charge on any atom is 0.240 e. The van der Waals surface area contributed by atoms with E-state index < -0.39 is 23.6 Å². The van der Waals surface area contributed by atoms with Crippen molar-refractivity contribution in [1.29, 1.82) is 0 Å². The molecule has 10 heteroatoms. The van der Waals surface area contributed by atoms with E-state index in [1.165, 1.54) is 17.9 Å². The molecule has 0 saturated carbocycles. The van der Waals surface area contributed by atoms with Crippen LogP contribution in [0, 0.1) is 11.6 Å². The van der Waals surface area contributed by atoms with Gasteiger partial charge in [-0.1, -0.05) is 41.7 Å². The third-order valence-electron chi connectivity index (χ3n) is 5.40. The molecule has 0 aliphatic heterocycles. The van der Waals surface area contributed by atoms with Crippen molar-refractivity contribution < 1.29 is 23.1 Å². The quantitative estimate of drug-likeness (QED) is 0.314. The zero-order valence-corrected chi connectivity index (χ0v) is 20.0. The number of ether oxygens (including phenoxy) is 1. The first-order chi connectivity index (χ1) is 17.2. The lowest BCUT2D eigenvalue weighted by Crippen LogP contribution is -2.40. The zero-order valence-electron chi connectivity index (χ0n) is 19.2. The molecule has 4 N–H and O–H groups in total. The van der Waals surface area contributed by atoms with E-state index in [0.29, 0.717) is 17.9 Å². The van der Waals surface area contributed by atoms with Crippen molar-refractivity contribution in [2.45, 2.75) is 19.6 Å². The minimum absolute atomic E-state index is 0.0614. The number of amides is 1. The summed E-state index contributed by atoms with van der Waals surface area (Å²) in [4.78, 5) is 30.8. The topological polar surface area (TPSA) is 112 Å². The van der Waals surface area contributed by atoms with E-state index in [-0.39, 0.29) is 27.3 Å². The molecule has 36 heavy (non-hydrogen) atoms. The predicted molar refractivity (Wildman–Crippen MR) is 134 cm³/mol. The maximum absolute atomic E-state index is 13.9. The number of anilines is 3. The molecule has 184 valence electrons. The summed E-state index contributed by atoms with van der Waals surface area (Å²) in [5, 5.41) is 0.135. The highest BCUT2D eigenvalue weighted by Gasteiger charge is 2.28. The Morgan fingerprint density at radius 2 is 1.72 bits per heavy atom. The number of halogens is 2. The van der Waals surface area contributed by atoms with Crippen molar-refractivity contribution >= 4 is 39.7 Å². The molecule has 0 bridgehead atoms. The summed E-state index contributed by atoms with van der Waals surface area (Å²) in [6.45, 7) is 1.87. The minimum atomic E-state index is -1.11. The van der Waals surface area contributed by atoms with Gasteiger partial charge in [-0.05, 0) is 48.9 Å². The van der Waals surface area contributed by atoms with E-state index in [2.05, 4.69) is 4.98 Å². The highest BCUT2D eigenvalue weighted by Crippen LogP contribution is 2.36. The molecule has 4 rings (SSSR count). The van der Waals surface area contributed by atoms with Gasteiger partial charge >= 0.3 is 0 Å². The Morgan fingerprint density at radius 3 is 2.36 bits per heavy atom. The number of carbonyl (C=O) groups excluding carboxylic acids is 2. The smallest absolute Gasteiger partial charge is 0.240 e. The summed E-state index contributed by atoms with van der Waals surface area (Å²) in [5.74, 6) is -2.74. The summed E-state index contributed by atoms with van der Waals surface area (Å²) in [6.07, 6.45) is 0. The van der Waals surface area contributed by atoms with Crippen molar-refractivity contribution in [1.82, 2.24) is 4.98 Å². The maximum atomic E-state index is 13.9. The molecule has 0 spiro atoms. The fraction of sp³-hybridized carbons (Fsp3) is 0.115. The van der Waals surface area contributed by atoms with Crippen molar-refractivity contribution in [3.05, 3.63) is 100 Å². The van der Waals surface area contributed by atoms with Crippen LogP contribution in [0.3, 0.4) is 0 Å². The SMILES string of the molecule is C[C@@H](C(N)=O)N(c1ccc(F)c(F)c1)c1nc(N)c(C(=O)c2ccc(OCc3ccccc3)cc2)s1. The van der Waals surface area contributed by atoms with Gasteiger partial charge in [0.05, 0.1) is 0 Å². The molecule has 3 aromatic carbocycles.